The Hall–Kier alpha value is -3.09. The number of hydrogen-bond acceptors (Lipinski definition) is 29. The van der Waals surface area contributed by atoms with E-state index in [1.165, 1.54) is 20.0 Å². The van der Waals surface area contributed by atoms with Gasteiger partial charge in [0, 0.05) is 18.6 Å². The summed E-state index contributed by atoms with van der Waals surface area (Å²) in [6, 6.07) is -5.95. The highest BCUT2D eigenvalue weighted by atomic mass is 16.8. The third-order valence-corrected chi connectivity index (χ3v) is 14.3. The average molecular weight is 1080 g/mol. The van der Waals surface area contributed by atoms with Crippen LogP contribution < -0.4 is 33.2 Å². The molecule has 0 aromatic heterocycles. The van der Waals surface area contributed by atoms with Crippen LogP contribution in [-0.2, 0) is 33.2 Å². The van der Waals surface area contributed by atoms with E-state index in [-0.39, 0.29) is 18.3 Å². The molecule has 28 N–H and O–H groups in total. The van der Waals surface area contributed by atoms with Crippen LogP contribution in [0.4, 0.5) is 0 Å². The largest absolute Gasteiger partial charge is 0.396 e. The van der Waals surface area contributed by atoms with Crippen molar-refractivity contribution in [3.63, 3.8) is 0 Å². The van der Waals surface area contributed by atoms with Gasteiger partial charge in [-0.15, -0.1) is 0 Å². The van der Waals surface area contributed by atoms with Crippen molar-refractivity contribution in [2.45, 2.75) is 184 Å². The summed E-state index contributed by atoms with van der Waals surface area (Å²) in [7, 11) is 1.42. The Kier molecular flexibility index (Phi) is 21.7. The van der Waals surface area contributed by atoms with Crippen LogP contribution in [0.3, 0.4) is 0 Å². The fourth-order valence-electron chi connectivity index (χ4n) is 9.89. The lowest BCUT2D eigenvalue weighted by atomic mass is 9.78. The first-order valence-electron chi connectivity index (χ1n) is 23.5. The molecule has 29 atom stereocenters. The standard InChI is InChI=1S/C21H39N7O12.C20H35NO13/c1-5-21(36,4-30)16(40-17-9(26-2)13(34)10(31)6(3-29)38-17)18(37-5)39-15-8(28-20(24)25)11(32)7(27-19(22)23)12(33)14(15)35;22-3-6-1-8(12(26)15(29)11(6)25)21-9-2-7(4-23)19(17(31)13(9)27)34-20-18(32)16(30)14(28)10(5-24)33-20/h4-18,26,29,31-36H,3H2,1-2H3,(H4,22,23,27)(H4,24,25,28);1,7-32H,2-5H2/t5-,6-,7+,8-,9-,10-,11+,12-,13-,14+,15+,16-,17-,18-,21+;7-,8+,9+,10-,11-,12+,13+,14-,15+,16+,17-,18-,19-,20+/m01/s1. The van der Waals surface area contributed by atoms with E-state index in [4.69, 9.17) is 51.0 Å². The van der Waals surface area contributed by atoms with Gasteiger partial charge in [0.05, 0.1) is 56.3 Å². The van der Waals surface area contributed by atoms with Crippen molar-refractivity contribution in [1.82, 2.24) is 16.0 Å². The molecule has 3 heterocycles. The van der Waals surface area contributed by atoms with Gasteiger partial charge in [0.25, 0.3) is 0 Å². The van der Waals surface area contributed by atoms with E-state index in [0.29, 0.717) is 0 Å². The summed E-state index contributed by atoms with van der Waals surface area (Å²) in [4.78, 5) is 16.0. The fraction of sp³-hybridized carbons (Fsp3) is 0.878. The molecule has 5 fully saturated rings. The lowest BCUT2D eigenvalue weighted by Crippen LogP contribution is -2.70. The zero-order chi connectivity index (χ0) is 55.4. The van der Waals surface area contributed by atoms with Gasteiger partial charge in [-0.25, -0.2) is 4.99 Å². The smallest absolute Gasteiger partial charge is 0.188 e. The molecule has 33 heteroatoms. The van der Waals surface area contributed by atoms with Gasteiger partial charge in [0.1, 0.15) is 104 Å². The molecule has 33 nitrogen and oxygen atoms in total. The van der Waals surface area contributed by atoms with Crippen molar-refractivity contribution in [3.05, 3.63) is 11.6 Å². The van der Waals surface area contributed by atoms with E-state index in [1.54, 1.807) is 0 Å². The Morgan fingerprint density at radius 2 is 1.27 bits per heavy atom. The lowest BCUT2D eigenvalue weighted by molar-refractivity contribution is -0.328. The monoisotopic (exact) mass is 1080 g/mol. The number of nitrogens with two attached hydrogens (primary N) is 3. The number of nitrogens with zero attached hydrogens (tertiary/aromatic N) is 1. The molecule has 3 aliphatic heterocycles. The molecular formula is C41H74N8O25. The maximum atomic E-state index is 12.1. The highest BCUT2D eigenvalue weighted by molar-refractivity contribution is 5.76. The van der Waals surface area contributed by atoms with Gasteiger partial charge >= 0.3 is 0 Å². The minimum absolute atomic E-state index is 0.0129. The van der Waals surface area contributed by atoms with Crippen molar-refractivity contribution in [2.24, 2.45) is 28.1 Å². The summed E-state index contributed by atoms with van der Waals surface area (Å²) >= 11 is 0. The summed E-state index contributed by atoms with van der Waals surface area (Å²) in [5.74, 6) is -1.99. The topological polar surface area (TPSA) is 587 Å². The fourth-order valence-corrected chi connectivity index (χ4v) is 9.89. The van der Waals surface area contributed by atoms with Crippen molar-refractivity contribution in [2.75, 3.05) is 33.5 Å². The number of aliphatic hydroxyl groups excluding tert-OH is 17. The Balaban J connectivity index is 0.000000278. The minimum Gasteiger partial charge on any atom is -0.396 e. The molecule has 0 unspecified atom stereocenters. The first kappa shape index (κ1) is 61.8. The number of aliphatic imine (C=N–C) groups is 1. The van der Waals surface area contributed by atoms with Gasteiger partial charge in [-0.05, 0) is 26.0 Å². The molecule has 0 aromatic carbocycles. The number of rotatable bonds is 16. The van der Waals surface area contributed by atoms with Crippen molar-refractivity contribution < 1.29 is 125 Å². The van der Waals surface area contributed by atoms with E-state index in [1.807, 2.05) is 0 Å². The molecule has 2 saturated carbocycles. The van der Waals surface area contributed by atoms with Crippen LogP contribution in [0.2, 0.25) is 0 Å². The van der Waals surface area contributed by atoms with E-state index in [2.05, 4.69) is 20.9 Å². The molecule has 3 aliphatic carbocycles. The summed E-state index contributed by atoms with van der Waals surface area (Å²) in [5.41, 5.74) is 14.0. The molecule has 0 radical (unpaired) electrons. The molecule has 0 aromatic rings. The highest BCUT2D eigenvalue weighted by Crippen LogP contribution is 2.39. The van der Waals surface area contributed by atoms with Gasteiger partial charge in [0.2, 0.25) is 0 Å². The number of carbonyl (C=O) groups excluding carboxylic acids is 1. The highest BCUT2D eigenvalue weighted by Gasteiger charge is 2.61. The number of aliphatic hydroxyl groups is 18. The number of aldehydes is 1. The van der Waals surface area contributed by atoms with E-state index >= 15 is 0 Å². The van der Waals surface area contributed by atoms with Crippen molar-refractivity contribution >= 4 is 18.2 Å². The van der Waals surface area contributed by atoms with Crippen molar-refractivity contribution in [3.8, 4) is 0 Å². The zero-order valence-corrected chi connectivity index (χ0v) is 39.9. The van der Waals surface area contributed by atoms with Crippen LogP contribution in [0.25, 0.3) is 0 Å². The van der Waals surface area contributed by atoms with Crippen LogP contribution in [0.1, 0.15) is 13.3 Å². The van der Waals surface area contributed by atoms with Gasteiger partial charge in [0.15, 0.2) is 42.7 Å². The van der Waals surface area contributed by atoms with Gasteiger partial charge in [-0.1, -0.05) is 6.08 Å². The molecule has 428 valence electrons. The summed E-state index contributed by atoms with van der Waals surface area (Å²) in [6.07, 6.45) is -33.0. The van der Waals surface area contributed by atoms with Crippen LogP contribution in [0.15, 0.2) is 16.6 Å². The van der Waals surface area contributed by atoms with E-state index < -0.39 is 215 Å². The average Bonchev–Trinajstić information content (AvgIpc) is 3.60. The number of likely N-dealkylation sites (N-methyl/N-ethyl adjacent to an activating group) is 1. The predicted octanol–water partition coefficient (Wildman–Crippen LogP) is -14.7. The zero-order valence-electron chi connectivity index (χ0n) is 39.9. The number of hydrogen-bond donors (Lipinski definition) is 25. The molecule has 3 saturated heterocycles. The van der Waals surface area contributed by atoms with E-state index in [9.17, 15) is 96.7 Å². The Morgan fingerprint density at radius 3 is 1.81 bits per heavy atom. The van der Waals surface area contributed by atoms with Gasteiger partial charge < -0.3 is 153 Å². The SMILES string of the molecule is CN[C@@H]1[C@H](O[C@H]2[C@H](O[C@H]3[C@H](O)[C@@H](O)[C@H](NC(=N)N)[C@@H](O)[C@@H]3N=C(N)N)O[C@@H](C)[C@]2(O)C=O)O[C@@H](CO)[C@H](O)[C@H]1O.OCC1=C[C@H](N[C@H]2C[C@H](CO)[C@@H](O[C@@H]3O[C@H](CO)[C@@H](O)[C@H](O)[C@H]3O)[C@H](O)[C@H]2O)[C@H](O)[C@@H](O)[C@@H]1O. The normalized spacial score (nSPS) is 48.7. The predicted molar refractivity (Wildman–Crippen MR) is 242 cm³/mol. The molecule has 74 heavy (non-hydrogen) atoms. The Labute approximate surface area is 421 Å². The van der Waals surface area contributed by atoms with Crippen LogP contribution >= 0.6 is 0 Å². The third-order valence-electron chi connectivity index (χ3n) is 14.3. The van der Waals surface area contributed by atoms with Crippen molar-refractivity contribution in [1.29, 1.82) is 5.41 Å². The summed E-state index contributed by atoms with van der Waals surface area (Å²) in [5, 5.41) is 199. The maximum Gasteiger partial charge on any atom is 0.188 e. The lowest BCUT2D eigenvalue weighted by Gasteiger charge is -2.47. The molecule has 0 bridgehead atoms. The van der Waals surface area contributed by atoms with Gasteiger partial charge in [-0.3, -0.25) is 10.2 Å². The van der Waals surface area contributed by atoms with Crippen LogP contribution in [0.5, 0.6) is 0 Å². The maximum absolute atomic E-state index is 12.1. The van der Waals surface area contributed by atoms with E-state index in [0.717, 1.165) is 0 Å². The first-order valence-corrected chi connectivity index (χ1v) is 23.5. The number of nitrogens with one attached hydrogen (secondary N) is 4. The second kappa shape index (κ2) is 26.0. The molecular weight excluding hydrogens is 1000 g/mol. The van der Waals surface area contributed by atoms with Crippen LogP contribution in [-0.4, -0.2) is 314 Å². The quantitative estimate of drug-likeness (QED) is 0.0295. The Morgan fingerprint density at radius 1 is 0.703 bits per heavy atom. The molecule has 0 spiro atoms. The van der Waals surface area contributed by atoms with Gasteiger partial charge in [-0.2, -0.15) is 0 Å². The van der Waals surface area contributed by atoms with Crippen LogP contribution in [0, 0.1) is 11.3 Å². The third kappa shape index (κ3) is 12.7. The number of ether oxygens (including phenoxy) is 6. The second-order valence-electron chi connectivity index (χ2n) is 19.0. The first-order chi connectivity index (χ1) is 34.8. The number of carbonyl (C=O) groups is 1. The number of guanidine groups is 2. The minimum atomic E-state index is -2.39. The second-order valence-corrected chi connectivity index (χ2v) is 19.0. The molecule has 6 rings (SSSR count). The Bertz CT molecular complexity index is 1880. The summed E-state index contributed by atoms with van der Waals surface area (Å²) < 4.78 is 33.8. The molecule has 0 amide bonds. The summed E-state index contributed by atoms with van der Waals surface area (Å²) in [6.45, 7) is -1.18. The molecule has 6 aliphatic rings.